The maximum Gasteiger partial charge on any atom is 0.307 e. The second kappa shape index (κ2) is 4.72. The highest BCUT2D eigenvalue weighted by atomic mass is 32.1. The van der Waals surface area contributed by atoms with Gasteiger partial charge in [0.2, 0.25) is 0 Å². The molecule has 1 N–H and O–H groups in total. The molecule has 2 aromatic rings. The lowest BCUT2D eigenvalue weighted by atomic mass is 9.87. The second-order valence-corrected chi connectivity index (χ2v) is 5.89. The van der Waals surface area contributed by atoms with Gasteiger partial charge in [-0.05, 0) is 18.8 Å². The van der Waals surface area contributed by atoms with Gasteiger partial charge in [-0.15, -0.1) is 11.3 Å². The molecule has 0 amide bonds. The Kier molecular flexibility index (Phi) is 3.07. The topological polar surface area (TPSA) is 54.6 Å². The van der Waals surface area contributed by atoms with Crippen LogP contribution in [0.3, 0.4) is 0 Å². The molecule has 96 valence electrons. The minimum atomic E-state index is -0.668. The zero-order chi connectivity index (χ0) is 12.5. The summed E-state index contributed by atoms with van der Waals surface area (Å²) in [7, 11) is 0. The van der Waals surface area contributed by atoms with E-state index in [0.717, 1.165) is 23.5 Å². The Morgan fingerprint density at radius 1 is 1.56 bits per heavy atom. The molecule has 0 aromatic carbocycles. The first kappa shape index (κ1) is 11.7. The molecule has 1 saturated carbocycles. The normalized spacial score (nSPS) is 18.4. The Labute approximate surface area is 109 Å². The average Bonchev–Trinajstić information content (AvgIpc) is 3.01. The average molecular weight is 264 g/mol. The predicted molar refractivity (Wildman–Crippen MR) is 69.9 cm³/mol. The van der Waals surface area contributed by atoms with Crippen molar-refractivity contribution in [3.05, 3.63) is 23.5 Å². The number of imidazole rings is 1. The minimum absolute atomic E-state index is 0.267. The van der Waals surface area contributed by atoms with Crippen LogP contribution in [0.2, 0.25) is 0 Å². The summed E-state index contributed by atoms with van der Waals surface area (Å²) < 4.78 is 1.97. The molecule has 4 nitrogen and oxygen atoms in total. The van der Waals surface area contributed by atoms with Gasteiger partial charge in [0.15, 0.2) is 4.96 Å². The van der Waals surface area contributed by atoms with E-state index in [1.807, 2.05) is 22.2 Å². The van der Waals surface area contributed by atoms with Gasteiger partial charge in [0, 0.05) is 24.2 Å². The molecule has 0 aliphatic heterocycles. The monoisotopic (exact) mass is 264 g/mol. The van der Waals surface area contributed by atoms with Crippen LogP contribution in [-0.2, 0) is 11.2 Å². The van der Waals surface area contributed by atoms with Crippen molar-refractivity contribution in [2.24, 2.45) is 11.8 Å². The fraction of sp³-hybridized carbons (Fsp3) is 0.538. The molecule has 0 bridgehead atoms. The fourth-order valence-corrected chi connectivity index (χ4v) is 3.63. The molecule has 1 atom stereocenters. The second-order valence-electron chi connectivity index (χ2n) is 5.02. The van der Waals surface area contributed by atoms with Crippen molar-refractivity contribution < 1.29 is 9.90 Å². The molecule has 0 radical (unpaired) electrons. The third kappa shape index (κ3) is 2.14. The van der Waals surface area contributed by atoms with Crippen LogP contribution in [0.5, 0.6) is 0 Å². The molecule has 1 aliphatic carbocycles. The molecule has 0 spiro atoms. The molecule has 1 unspecified atom stereocenters. The van der Waals surface area contributed by atoms with Gasteiger partial charge in [0.25, 0.3) is 0 Å². The lowest BCUT2D eigenvalue weighted by molar-refractivity contribution is -0.143. The number of nitrogens with zero attached hydrogens (tertiary/aromatic N) is 2. The van der Waals surface area contributed by atoms with E-state index in [0.29, 0.717) is 12.3 Å². The summed E-state index contributed by atoms with van der Waals surface area (Å²) in [4.78, 5) is 16.8. The van der Waals surface area contributed by atoms with Crippen LogP contribution in [0.25, 0.3) is 4.96 Å². The van der Waals surface area contributed by atoms with Crippen LogP contribution in [0.4, 0.5) is 0 Å². The number of fused-ring (bicyclic) bond motifs is 1. The lowest BCUT2D eigenvalue weighted by Crippen LogP contribution is -2.24. The Morgan fingerprint density at radius 2 is 2.33 bits per heavy atom. The van der Waals surface area contributed by atoms with Crippen molar-refractivity contribution in [3.63, 3.8) is 0 Å². The first-order valence-corrected chi connectivity index (χ1v) is 7.26. The fourth-order valence-electron chi connectivity index (χ4n) is 2.92. The lowest BCUT2D eigenvalue weighted by Gasteiger charge is -2.17. The maximum absolute atomic E-state index is 11.4. The first-order valence-electron chi connectivity index (χ1n) is 6.38. The first-order chi connectivity index (χ1) is 8.74. The van der Waals surface area contributed by atoms with Crippen LogP contribution in [0.1, 0.15) is 31.4 Å². The van der Waals surface area contributed by atoms with E-state index in [4.69, 9.17) is 0 Å². The van der Waals surface area contributed by atoms with Gasteiger partial charge < -0.3 is 5.11 Å². The molecule has 2 aromatic heterocycles. The van der Waals surface area contributed by atoms with E-state index < -0.39 is 5.97 Å². The van der Waals surface area contributed by atoms with Gasteiger partial charge in [-0.3, -0.25) is 9.20 Å². The number of aliphatic carboxylic acids is 1. The standard InChI is InChI=1S/C13H16N2O2S/c16-12(17)11(9-3-1-2-4-9)7-10-8-15-5-6-18-13(15)14-10/h5-6,8-9,11H,1-4,7H2,(H,16,17). The summed E-state index contributed by atoms with van der Waals surface area (Å²) in [6.45, 7) is 0. The molecule has 2 heterocycles. The zero-order valence-corrected chi connectivity index (χ0v) is 10.9. The zero-order valence-electron chi connectivity index (χ0n) is 10.1. The molecular weight excluding hydrogens is 248 g/mol. The highest BCUT2D eigenvalue weighted by Crippen LogP contribution is 2.33. The Hall–Kier alpha value is -1.36. The summed E-state index contributed by atoms with van der Waals surface area (Å²) >= 11 is 1.58. The minimum Gasteiger partial charge on any atom is -0.481 e. The quantitative estimate of drug-likeness (QED) is 0.923. The Bertz CT molecular complexity index is 526. The number of rotatable bonds is 4. The number of hydrogen-bond acceptors (Lipinski definition) is 3. The van der Waals surface area contributed by atoms with Gasteiger partial charge >= 0.3 is 5.97 Å². The molecule has 3 rings (SSSR count). The van der Waals surface area contributed by atoms with E-state index in [1.54, 1.807) is 11.3 Å². The maximum atomic E-state index is 11.4. The summed E-state index contributed by atoms with van der Waals surface area (Å²) in [5, 5.41) is 11.4. The number of carbonyl (C=O) groups is 1. The third-order valence-corrected chi connectivity index (χ3v) is 4.63. The van der Waals surface area contributed by atoms with Gasteiger partial charge in [0.1, 0.15) is 0 Å². The molecule has 1 aliphatic rings. The molecular formula is C13H16N2O2S. The van der Waals surface area contributed by atoms with Crippen molar-refractivity contribution in [1.29, 1.82) is 0 Å². The Balaban J connectivity index is 1.79. The summed E-state index contributed by atoms with van der Waals surface area (Å²) in [6.07, 6.45) is 8.94. The largest absolute Gasteiger partial charge is 0.481 e. The highest BCUT2D eigenvalue weighted by molar-refractivity contribution is 7.15. The SMILES string of the molecule is O=C(O)C(Cc1cn2ccsc2n1)C1CCCC1. The predicted octanol–water partition coefficient (Wildman–Crippen LogP) is 2.83. The summed E-state index contributed by atoms with van der Waals surface area (Å²) in [5.74, 6) is -0.599. The van der Waals surface area contributed by atoms with Crippen molar-refractivity contribution in [3.8, 4) is 0 Å². The van der Waals surface area contributed by atoms with Crippen LogP contribution < -0.4 is 0 Å². The third-order valence-electron chi connectivity index (χ3n) is 3.86. The molecule has 18 heavy (non-hydrogen) atoms. The van der Waals surface area contributed by atoms with Crippen molar-refractivity contribution >= 4 is 22.3 Å². The summed E-state index contributed by atoms with van der Waals surface area (Å²) in [5.41, 5.74) is 0.904. The van der Waals surface area contributed by atoms with Crippen LogP contribution >= 0.6 is 11.3 Å². The van der Waals surface area contributed by atoms with E-state index in [-0.39, 0.29) is 5.92 Å². The summed E-state index contributed by atoms with van der Waals surface area (Å²) in [6, 6.07) is 0. The molecule has 0 saturated heterocycles. The van der Waals surface area contributed by atoms with Crippen molar-refractivity contribution in [2.75, 3.05) is 0 Å². The van der Waals surface area contributed by atoms with Crippen LogP contribution in [0, 0.1) is 11.8 Å². The van der Waals surface area contributed by atoms with Crippen molar-refractivity contribution in [2.45, 2.75) is 32.1 Å². The molecule has 1 fully saturated rings. The number of carboxylic acids is 1. The van der Waals surface area contributed by atoms with E-state index in [1.165, 1.54) is 12.8 Å². The van der Waals surface area contributed by atoms with Gasteiger partial charge in [-0.1, -0.05) is 12.8 Å². The van der Waals surface area contributed by atoms with E-state index >= 15 is 0 Å². The van der Waals surface area contributed by atoms with Gasteiger partial charge in [0.05, 0.1) is 11.6 Å². The van der Waals surface area contributed by atoms with Crippen LogP contribution in [0.15, 0.2) is 17.8 Å². The van der Waals surface area contributed by atoms with E-state index in [2.05, 4.69) is 4.98 Å². The number of aromatic nitrogens is 2. The number of carboxylic acid groups (broad SMARTS) is 1. The Morgan fingerprint density at radius 3 is 3.00 bits per heavy atom. The van der Waals surface area contributed by atoms with E-state index in [9.17, 15) is 9.90 Å². The smallest absolute Gasteiger partial charge is 0.307 e. The highest BCUT2D eigenvalue weighted by Gasteiger charge is 2.31. The van der Waals surface area contributed by atoms with Crippen LogP contribution in [-0.4, -0.2) is 20.5 Å². The van der Waals surface area contributed by atoms with Gasteiger partial charge in [-0.2, -0.15) is 0 Å². The number of thiazole rings is 1. The molecule has 5 heteroatoms. The van der Waals surface area contributed by atoms with Crippen molar-refractivity contribution in [1.82, 2.24) is 9.38 Å². The van der Waals surface area contributed by atoms with Gasteiger partial charge in [-0.25, -0.2) is 4.98 Å². The number of hydrogen-bond donors (Lipinski definition) is 1.